The first kappa shape index (κ1) is 23.7. The fraction of sp³-hybridized carbons (Fsp3) is 0.643. The van der Waals surface area contributed by atoms with Gasteiger partial charge in [0, 0.05) is 25.4 Å². The highest BCUT2D eigenvalue weighted by Crippen LogP contribution is 2.47. The number of likely N-dealkylation sites (tertiary alicyclic amines) is 1. The highest BCUT2D eigenvalue weighted by atomic mass is 16.3. The summed E-state index contributed by atoms with van der Waals surface area (Å²) in [7, 11) is 0. The lowest BCUT2D eigenvalue weighted by Gasteiger charge is -2.26. The number of hydrogen-bond acceptors (Lipinski definition) is 4. The fourth-order valence-electron chi connectivity index (χ4n) is 5.99. The molecule has 4 rings (SSSR count). The lowest BCUT2D eigenvalue weighted by Crippen LogP contribution is -2.36. The minimum Gasteiger partial charge on any atom is -0.392 e. The van der Waals surface area contributed by atoms with Crippen molar-refractivity contribution in [1.29, 1.82) is 0 Å². The summed E-state index contributed by atoms with van der Waals surface area (Å²) in [6.45, 7) is 7.94. The molecule has 0 bridgehead atoms. The second-order valence-corrected chi connectivity index (χ2v) is 10.3. The van der Waals surface area contributed by atoms with Gasteiger partial charge in [0.1, 0.15) is 0 Å². The Labute approximate surface area is 194 Å². The summed E-state index contributed by atoms with van der Waals surface area (Å²) in [5, 5.41) is 24.7. The van der Waals surface area contributed by atoms with Crippen molar-refractivity contribution >= 4 is 0 Å². The van der Waals surface area contributed by atoms with Crippen molar-refractivity contribution in [3.63, 3.8) is 0 Å². The number of aliphatic hydroxyl groups is 2. The highest BCUT2D eigenvalue weighted by molar-refractivity contribution is 5.24. The van der Waals surface area contributed by atoms with Crippen molar-refractivity contribution in [3.8, 4) is 0 Å². The first-order valence-electron chi connectivity index (χ1n) is 12.8. The van der Waals surface area contributed by atoms with Crippen LogP contribution in [0.3, 0.4) is 0 Å². The molecule has 1 aliphatic heterocycles. The van der Waals surface area contributed by atoms with Gasteiger partial charge in [-0.05, 0) is 76.1 Å². The van der Waals surface area contributed by atoms with Crippen LogP contribution >= 0.6 is 0 Å². The minimum absolute atomic E-state index is 0.160. The van der Waals surface area contributed by atoms with Crippen LogP contribution in [0.25, 0.3) is 0 Å². The maximum absolute atomic E-state index is 10.6. The van der Waals surface area contributed by atoms with Gasteiger partial charge in [-0.3, -0.25) is 0 Å². The summed E-state index contributed by atoms with van der Waals surface area (Å²) in [6, 6.07) is 8.32. The van der Waals surface area contributed by atoms with Gasteiger partial charge in [0.15, 0.2) is 0 Å². The van der Waals surface area contributed by atoms with E-state index in [1.54, 1.807) is 5.57 Å². The predicted molar refractivity (Wildman–Crippen MR) is 132 cm³/mol. The van der Waals surface area contributed by atoms with Crippen LogP contribution in [0.15, 0.2) is 48.1 Å². The molecule has 5 atom stereocenters. The van der Waals surface area contributed by atoms with Crippen molar-refractivity contribution in [2.75, 3.05) is 32.7 Å². The van der Waals surface area contributed by atoms with E-state index in [2.05, 4.69) is 47.5 Å². The average molecular weight is 439 g/mol. The van der Waals surface area contributed by atoms with Crippen molar-refractivity contribution < 1.29 is 10.2 Å². The van der Waals surface area contributed by atoms with E-state index in [4.69, 9.17) is 0 Å². The minimum atomic E-state index is -0.499. The molecule has 0 amide bonds. The predicted octanol–water partition coefficient (Wildman–Crippen LogP) is 3.86. The van der Waals surface area contributed by atoms with E-state index < -0.39 is 6.10 Å². The number of nitrogens with zero attached hydrogens (tertiary/aromatic N) is 1. The van der Waals surface area contributed by atoms with E-state index in [-0.39, 0.29) is 12.0 Å². The number of rotatable bonds is 10. The van der Waals surface area contributed by atoms with Crippen molar-refractivity contribution in [2.24, 2.45) is 17.8 Å². The summed E-state index contributed by atoms with van der Waals surface area (Å²) in [5.41, 5.74) is 3.93. The smallest absolute Gasteiger partial charge is 0.0761 e. The number of hydrogen-bond donors (Lipinski definition) is 3. The molecule has 4 heteroatoms. The molecular weight excluding hydrogens is 396 g/mol. The molecule has 1 heterocycles. The van der Waals surface area contributed by atoms with Crippen LogP contribution in [-0.4, -0.2) is 60.0 Å². The molecule has 0 spiro atoms. The van der Waals surface area contributed by atoms with E-state index in [1.165, 1.54) is 44.5 Å². The monoisotopic (exact) mass is 438 g/mol. The van der Waals surface area contributed by atoms with E-state index >= 15 is 0 Å². The molecule has 32 heavy (non-hydrogen) atoms. The first-order valence-corrected chi connectivity index (χ1v) is 12.8. The average Bonchev–Trinajstić information content (AvgIpc) is 3.29. The zero-order valence-electron chi connectivity index (χ0n) is 19.8. The molecule has 1 aromatic carbocycles. The van der Waals surface area contributed by atoms with Gasteiger partial charge in [0.25, 0.3) is 0 Å². The third kappa shape index (κ3) is 6.54. The van der Waals surface area contributed by atoms with Gasteiger partial charge in [-0.15, -0.1) is 0 Å². The number of aliphatic hydroxyl groups excluding tert-OH is 2. The van der Waals surface area contributed by atoms with Crippen LogP contribution < -0.4 is 5.32 Å². The molecule has 3 N–H and O–H groups in total. The largest absolute Gasteiger partial charge is 0.392 e. The van der Waals surface area contributed by atoms with Gasteiger partial charge in [0.2, 0.25) is 0 Å². The van der Waals surface area contributed by atoms with E-state index in [1.807, 2.05) is 12.1 Å². The number of aryl methyl sites for hydroxylation is 1. The molecule has 0 aromatic heterocycles. The fourth-order valence-corrected chi connectivity index (χ4v) is 5.99. The lowest BCUT2D eigenvalue weighted by molar-refractivity contribution is 0.140. The Hall–Kier alpha value is -1.46. The number of piperidine rings is 1. The van der Waals surface area contributed by atoms with Crippen LogP contribution in [0.5, 0.6) is 0 Å². The molecule has 1 saturated heterocycles. The lowest BCUT2D eigenvalue weighted by atomic mass is 9.88. The number of nitrogens with one attached hydrogen (secondary N) is 1. The zero-order chi connectivity index (χ0) is 22.3. The Balaban J connectivity index is 1.19. The third-order valence-electron chi connectivity index (χ3n) is 7.71. The quantitative estimate of drug-likeness (QED) is 0.384. The molecule has 2 aliphatic carbocycles. The van der Waals surface area contributed by atoms with Gasteiger partial charge in [-0.2, -0.15) is 0 Å². The third-order valence-corrected chi connectivity index (χ3v) is 7.71. The van der Waals surface area contributed by atoms with Gasteiger partial charge in [-0.25, -0.2) is 0 Å². The summed E-state index contributed by atoms with van der Waals surface area (Å²) in [5.74, 6) is 1.15. The molecular formula is C28H42N2O2. The highest BCUT2D eigenvalue weighted by Gasteiger charge is 2.43. The Morgan fingerprint density at radius 2 is 2.03 bits per heavy atom. The number of allylic oxidation sites excluding steroid dienone is 1. The Kier molecular flexibility index (Phi) is 8.59. The summed E-state index contributed by atoms with van der Waals surface area (Å²) >= 11 is 0. The first-order chi connectivity index (χ1) is 15.6. The molecule has 1 aromatic rings. The maximum Gasteiger partial charge on any atom is 0.0761 e. The summed E-state index contributed by atoms with van der Waals surface area (Å²) in [6.07, 6.45) is 13.5. The molecule has 3 aliphatic rings. The molecule has 176 valence electrons. The van der Waals surface area contributed by atoms with E-state index in [9.17, 15) is 10.2 Å². The van der Waals surface area contributed by atoms with Crippen LogP contribution in [-0.2, 0) is 6.42 Å². The molecule has 2 fully saturated rings. The summed E-state index contributed by atoms with van der Waals surface area (Å²) < 4.78 is 0. The van der Waals surface area contributed by atoms with Gasteiger partial charge in [-0.1, -0.05) is 60.1 Å². The van der Waals surface area contributed by atoms with E-state index in [0.29, 0.717) is 18.3 Å². The molecule has 4 nitrogen and oxygen atoms in total. The number of benzene rings is 1. The zero-order valence-corrected chi connectivity index (χ0v) is 19.8. The SMILES string of the molecule is Cc1cccc(C[C@H](O)/C=C/[C@@H]2[C@H]3CC(CCNCCN4CCCCC4)=C[C@H]3C[C@H]2O)c1. The Morgan fingerprint density at radius 1 is 1.19 bits per heavy atom. The van der Waals surface area contributed by atoms with Crippen LogP contribution in [0, 0.1) is 24.7 Å². The van der Waals surface area contributed by atoms with E-state index in [0.717, 1.165) is 37.9 Å². The van der Waals surface area contributed by atoms with Crippen LogP contribution in [0.1, 0.15) is 49.7 Å². The topological polar surface area (TPSA) is 55.7 Å². The van der Waals surface area contributed by atoms with Gasteiger partial charge in [0.05, 0.1) is 12.2 Å². The maximum atomic E-state index is 10.6. The normalized spacial score (nSPS) is 29.4. The number of fused-ring (bicyclic) bond motifs is 1. The van der Waals surface area contributed by atoms with Crippen molar-refractivity contribution in [1.82, 2.24) is 10.2 Å². The second-order valence-electron chi connectivity index (χ2n) is 10.3. The standard InChI is InChI=1S/C28H42N2O2/c1-21-6-5-7-22(16-21)18-25(31)8-9-26-27-19-23(17-24(27)20-28(26)32)10-11-29-12-15-30-13-3-2-4-14-30/h5-9,16-17,24-29,31-32H,2-4,10-15,18-20H2,1H3/b9-8+/t24-,25+,26+,27-,28+/m0/s1. The Morgan fingerprint density at radius 3 is 2.84 bits per heavy atom. The van der Waals surface area contributed by atoms with Crippen molar-refractivity contribution in [3.05, 3.63) is 59.2 Å². The molecule has 0 radical (unpaired) electrons. The van der Waals surface area contributed by atoms with Gasteiger partial charge >= 0.3 is 0 Å². The molecule has 0 unspecified atom stereocenters. The Bertz CT molecular complexity index is 783. The molecule has 1 saturated carbocycles. The van der Waals surface area contributed by atoms with Gasteiger partial charge < -0.3 is 20.4 Å². The van der Waals surface area contributed by atoms with Crippen LogP contribution in [0.2, 0.25) is 0 Å². The van der Waals surface area contributed by atoms with Crippen LogP contribution in [0.4, 0.5) is 0 Å². The van der Waals surface area contributed by atoms with Crippen molar-refractivity contribution in [2.45, 2.75) is 64.1 Å². The summed E-state index contributed by atoms with van der Waals surface area (Å²) in [4.78, 5) is 2.58. The second kappa shape index (κ2) is 11.6.